The summed E-state index contributed by atoms with van der Waals surface area (Å²) in [4.78, 5) is 13.2. The van der Waals surface area contributed by atoms with Gasteiger partial charge in [0.1, 0.15) is 24.4 Å². The van der Waals surface area contributed by atoms with Crippen molar-refractivity contribution in [2.24, 2.45) is 0 Å². The van der Waals surface area contributed by atoms with Gasteiger partial charge in [-0.05, 0) is 12.8 Å². The van der Waals surface area contributed by atoms with Gasteiger partial charge >= 0.3 is 0 Å². The Labute approximate surface area is 535 Å². The molecule has 9 heteroatoms. The predicted molar refractivity (Wildman–Crippen MR) is 369 cm³/mol. The lowest BCUT2D eigenvalue weighted by Crippen LogP contribution is -2.60. The Morgan fingerprint density at radius 2 is 0.581 bits per heavy atom. The van der Waals surface area contributed by atoms with Crippen molar-refractivity contribution in [1.82, 2.24) is 5.32 Å². The minimum atomic E-state index is -1.55. The second kappa shape index (κ2) is 67.1. The predicted octanol–water partition coefficient (Wildman–Crippen LogP) is 22.0. The van der Waals surface area contributed by atoms with E-state index >= 15 is 0 Å². The molecule has 0 aromatic heterocycles. The molecule has 514 valence electrons. The SMILES string of the molecule is CCCCCCCCCCCCCCCCCCCCCCCCCCCCCCCCCCCCCC(=O)NC(COC1OC(CO)C(O)C(O)C1O)C(O)CCCCCCCCCCCCCCCCCCCCCCCCCCCCCC. The number of hydrogen-bond donors (Lipinski definition) is 6. The van der Waals surface area contributed by atoms with Crippen LogP contribution in [0.15, 0.2) is 0 Å². The minimum Gasteiger partial charge on any atom is -0.394 e. The maximum absolute atomic E-state index is 13.2. The van der Waals surface area contributed by atoms with Gasteiger partial charge in [-0.1, -0.05) is 412 Å². The first-order chi connectivity index (χ1) is 42.3. The molecule has 1 amide bonds. The Bertz CT molecular complexity index is 1320. The minimum absolute atomic E-state index is 0.130. The van der Waals surface area contributed by atoms with Crippen molar-refractivity contribution in [2.45, 2.75) is 474 Å². The van der Waals surface area contributed by atoms with Crippen LogP contribution >= 0.6 is 0 Å². The summed E-state index contributed by atoms with van der Waals surface area (Å²) >= 11 is 0. The van der Waals surface area contributed by atoms with Crippen molar-refractivity contribution in [2.75, 3.05) is 13.2 Å². The summed E-state index contributed by atoms with van der Waals surface area (Å²) in [5, 5.41) is 55.1. The lowest BCUT2D eigenvalue weighted by molar-refractivity contribution is -0.302. The lowest BCUT2D eigenvalue weighted by atomic mass is 9.99. The quantitative estimate of drug-likeness (QED) is 0.0330. The largest absolute Gasteiger partial charge is 0.394 e. The Morgan fingerprint density at radius 1 is 0.349 bits per heavy atom. The van der Waals surface area contributed by atoms with Crippen LogP contribution in [0.3, 0.4) is 0 Å². The van der Waals surface area contributed by atoms with Gasteiger partial charge in [0.15, 0.2) is 6.29 Å². The van der Waals surface area contributed by atoms with E-state index in [2.05, 4.69) is 19.2 Å². The van der Waals surface area contributed by atoms with Crippen LogP contribution in [-0.4, -0.2) is 87.5 Å². The van der Waals surface area contributed by atoms with E-state index in [1.165, 1.54) is 366 Å². The molecule has 1 aliphatic rings. The van der Waals surface area contributed by atoms with E-state index < -0.39 is 49.5 Å². The number of hydrogen-bond acceptors (Lipinski definition) is 8. The van der Waals surface area contributed by atoms with Gasteiger partial charge in [-0.15, -0.1) is 0 Å². The Balaban J connectivity index is 2.04. The average molecular weight is 1220 g/mol. The van der Waals surface area contributed by atoms with Crippen molar-refractivity contribution in [3.05, 3.63) is 0 Å². The van der Waals surface area contributed by atoms with Crippen molar-refractivity contribution in [1.29, 1.82) is 0 Å². The summed E-state index contributed by atoms with van der Waals surface area (Å²) < 4.78 is 11.4. The van der Waals surface area contributed by atoms with Crippen LogP contribution in [0.4, 0.5) is 0 Å². The molecule has 0 aliphatic carbocycles. The number of nitrogens with one attached hydrogen (secondary N) is 1. The molecule has 6 N–H and O–H groups in total. The second-order valence-electron chi connectivity index (χ2n) is 27.9. The maximum Gasteiger partial charge on any atom is 0.220 e. The molecule has 0 spiro atoms. The van der Waals surface area contributed by atoms with Crippen LogP contribution < -0.4 is 5.32 Å². The molecule has 1 aliphatic heterocycles. The number of carbonyl (C=O) groups is 1. The van der Waals surface area contributed by atoms with E-state index in [4.69, 9.17) is 9.47 Å². The number of aliphatic hydroxyl groups excluding tert-OH is 5. The van der Waals surface area contributed by atoms with Gasteiger partial charge in [-0.3, -0.25) is 4.79 Å². The summed E-state index contributed by atoms with van der Waals surface area (Å²) in [6.07, 6.45) is 79.3. The van der Waals surface area contributed by atoms with Gasteiger partial charge < -0.3 is 40.3 Å². The van der Waals surface area contributed by atoms with Crippen LogP contribution in [0.5, 0.6) is 0 Å². The van der Waals surface area contributed by atoms with Gasteiger partial charge in [0.05, 0.1) is 25.4 Å². The van der Waals surface area contributed by atoms with Crippen LogP contribution in [0.1, 0.15) is 431 Å². The highest BCUT2D eigenvalue weighted by Crippen LogP contribution is 2.24. The molecular weight excluding hydrogens is 1070 g/mol. The Kier molecular flexibility index (Phi) is 64.9. The molecule has 9 nitrogen and oxygen atoms in total. The Morgan fingerprint density at radius 3 is 0.826 bits per heavy atom. The molecule has 0 aromatic carbocycles. The third kappa shape index (κ3) is 54.9. The van der Waals surface area contributed by atoms with Crippen molar-refractivity contribution < 1.29 is 39.8 Å². The molecule has 1 fully saturated rings. The molecular formula is C77H153NO8. The fourth-order valence-corrected chi connectivity index (χ4v) is 13.3. The zero-order chi connectivity index (χ0) is 62.1. The molecule has 7 unspecified atom stereocenters. The van der Waals surface area contributed by atoms with E-state index in [1.54, 1.807) is 0 Å². The smallest absolute Gasteiger partial charge is 0.220 e. The van der Waals surface area contributed by atoms with Gasteiger partial charge in [0.25, 0.3) is 0 Å². The fourth-order valence-electron chi connectivity index (χ4n) is 13.3. The lowest BCUT2D eigenvalue weighted by Gasteiger charge is -2.40. The first-order valence-electron chi connectivity index (χ1n) is 39.2. The highest BCUT2D eigenvalue weighted by atomic mass is 16.7. The fraction of sp³-hybridized carbons (Fsp3) is 0.987. The third-order valence-electron chi connectivity index (χ3n) is 19.5. The van der Waals surface area contributed by atoms with Gasteiger partial charge in [0, 0.05) is 6.42 Å². The van der Waals surface area contributed by atoms with Gasteiger partial charge in [-0.25, -0.2) is 0 Å². The van der Waals surface area contributed by atoms with Gasteiger partial charge in [-0.2, -0.15) is 0 Å². The molecule has 0 aromatic rings. The molecule has 86 heavy (non-hydrogen) atoms. The van der Waals surface area contributed by atoms with E-state index in [9.17, 15) is 30.3 Å². The zero-order valence-corrected chi connectivity index (χ0v) is 57.9. The van der Waals surface area contributed by atoms with Crippen molar-refractivity contribution >= 4 is 5.91 Å². The summed E-state index contributed by atoms with van der Waals surface area (Å²) in [6, 6.07) is -0.716. The molecule has 0 saturated carbocycles. The average Bonchev–Trinajstić information content (AvgIpc) is 3.65. The third-order valence-corrected chi connectivity index (χ3v) is 19.5. The number of unbranched alkanes of at least 4 members (excludes halogenated alkanes) is 61. The Hall–Kier alpha value is -0.810. The second-order valence-corrected chi connectivity index (χ2v) is 27.9. The molecule has 1 saturated heterocycles. The number of ether oxygens (including phenoxy) is 2. The van der Waals surface area contributed by atoms with Crippen LogP contribution in [-0.2, 0) is 14.3 Å². The zero-order valence-electron chi connectivity index (χ0n) is 57.9. The van der Waals surface area contributed by atoms with E-state index in [0.29, 0.717) is 12.8 Å². The van der Waals surface area contributed by atoms with E-state index in [0.717, 1.165) is 38.5 Å². The summed E-state index contributed by atoms with van der Waals surface area (Å²) in [5.41, 5.74) is 0. The number of aliphatic hydroxyl groups is 5. The van der Waals surface area contributed by atoms with Crippen LogP contribution in [0.25, 0.3) is 0 Å². The van der Waals surface area contributed by atoms with Crippen molar-refractivity contribution in [3.63, 3.8) is 0 Å². The monoisotopic (exact) mass is 1220 g/mol. The number of carbonyl (C=O) groups excluding carboxylic acids is 1. The first kappa shape index (κ1) is 83.2. The number of rotatable bonds is 71. The summed E-state index contributed by atoms with van der Waals surface area (Å²) in [6.45, 7) is 3.92. The topological polar surface area (TPSA) is 149 Å². The molecule has 1 heterocycles. The van der Waals surface area contributed by atoms with E-state index in [1.807, 2.05) is 0 Å². The molecule has 7 atom stereocenters. The standard InChI is InChI=1S/C77H153NO8/c1-3-5-7-9-11-13-15-17-19-21-23-25-27-29-31-33-34-35-36-37-38-39-41-43-45-47-49-51-53-55-57-59-61-63-65-67-73(81)78-70(69-85-77-76(84)75(83)74(82)72(68-79)86-77)71(80)66-64-62-60-58-56-54-52-50-48-46-44-42-40-32-30-28-26-24-22-20-18-16-14-12-10-8-6-4-2/h70-72,74-77,79-80,82-84H,3-69H2,1-2H3,(H,78,81). The van der Waals surface area contributed by atoms with Gasteiger partial charge in [0.2, 0.25) is 5.91 Å². The summed E-state index contributed by atoms with van der Waals surface area (Å²) in [5.74, 6) is -0.132. The summed E-state index contributed by atoms with van der Waals surface area (Å²) in [7, 11) is 0. The molecule has 1 rings (SSSR count). The molecule has 0 bridgehead atoms. The van der Waals surface area contributed by atoms with Crippen molar-refractivity contribution in [3.8, 4) is 0 Å². The normalized spacial score (nSPS) is 17.9. The maximum atomic E-state index is 13.2. The highest BCUT2D eigenvalue weighted by Gasteiger charge is 2.44. The van der Waals surface area contributed by atoms with Crippen LogP contribution in [0, 0.1) is 0 Å². The number of amides is 1. The van der Waals surface area contributed by atoms with E-state index in [-0.39, 0.29) is 12.5 Å². The first-order valence-corrected chi connectivity index (χ1v) is 39.2. The molecule has 0 radical (unpaired) electrons. The highest BCUT2D eigenvalue weighted by molar-refractivity contribution is 5.76. The van der Waals surface area contributed by atoms with Crippen LogP contribution in [0.2, 0.25) is 0 Å².